The van der Waals surface area contributed by atoms with Gasteiger partial charge in [-0.15, -0.1) is 0 Å². The summed E-state index contributed by atoms with van der Waals surface area (Å²) in [4.78, 5) is 66.0. The summed E-state index contributed by atoms with van der Waals surface area (Å²) in [5.41, 5.74) is 2.91. The number of carbonyl (C=O) groups excluding carboxylic acids is 4. The van der Waals surface area contributed by atoms with Crippen molar-refractivity contribution in [1.82, 2.24) is 41.0 Å². The van der Waals surface area contributed by atoms with Crippen LogP contribution in [0.2, 0.25) is 0 Å². The van der Waals surface area contributed by atoms with Gasteiger partial charge >= 0.3 is 12.1 Å². The van der Waals surface area contributed by atoms with Gasteiger partial charge in [-0.2, -0.15) is 0 Å². The Hall–Kier alpha value is -5.86. The normalized spacial score (nSPS) is 14.3. The minimum absolute atomic E-state index is 0.127. The molecule has 0 spiro atoms. The Labute approximate surface area is 341 Å². The number of pyridine rings is 2. The number of amides is 6. The van der Waals surface area contributed by atoms with Crippen LogP contribution in [0.5, 0.6) is 0 Å². The minimum atomic E-state index is -1.59. The van der Waals surface area contributed by atoms with Crippen LogP contribution in [0.4, 0.5) is 9.59 Å². The predicted octanol–water partition coefficient (Wildman–Crippen LogP) is 3.69. The number of rotatable bonds is 19. The van der Waals surface area contributed by atoms with Gasteiger partial charge in [-0.1, -0.05) is 100 Å². The molecule has 0 radical (unpaired) electrons. The lowest BCUT2D eigenvalue weighted by Gasteiger charge is -2.35. The molecule has 0 aliphatic rings. The second kappa shape index (κ2) is 22.2. The molecule has 0 unspecified atom stereocenters. The molecule has 310 valence electrons. The van der Waals surface area contributed by atoms with Gasteiger partial charge in [0.1, 0.15) is 24.3 Å². The molecule has 58 heavy (non-hydrogen) atoms. The Bertz CT molecular complexity index is 1730. The van der Waals surface area contributed by atoms with E-state index in [9.17, 15) is 29.4 Å². The van der Waals surface area contributed by atoms with Crippen LogP contribution in [-0.2, 0) is 35.5 Å². The Morgan fingerprint density at radius 2 is 0.879 bits per heavy atom. The first-order chi connectivity index (χ1) is 27.7. The highest BCUT2D eigenvalue weighted by Crippen LogP contribution is 2.17. The first-order valence-electron chi connectivity index (χ1n) is 19.6. The number of carbonyl (C=O) groups is 4. The van der Waals surface area contributed by atoms with Crippen LogP contribution in [0, 0.1) is 11.8 Å². The van der Waals surface area contributed by atoms with Gasteiger partial charge in [-0.05, 0) is 60.1 Å². The highest BCUT2D eigenvalue weighted by Gasteiger charge is 2.38. The van der Waals surface area contributed by atoms with Crippen molar-refractivity contribution in [2.45, 2.75) is 90.0 Å². The van der Waals surface area contributed by atoms with Crippen LogP contribution in [-0.4, -0.2) is 104 Å². The lowest BCUT2D eigenvalue weighted by atomic mass is 9.90. The maximum absolute atomic E-state index is 14.0. The summed E-state index contributed by atoms with van der Waals surface area (Å²) in [6.45, 7) is 7.63. The monoisotopic (exact) mass is 794 g/mol. The number of benzene rings is 2. The van der Waals surface area contributed by atoms with E-state index in [-0.39, 0.29) is 37.8 Å². The van der Waals surface area contributed by atoms with Crippen LogP contribution in [0.3, 0.4) is 0 Å². The third-order valence-corrected chi connectivity index (χ3v) is 9.83. The zero-order valence-corrected chi connectivity index (χ0v) is 34.2. The molecule has 0 aliphatic carbocycles. The molecule has 4 rings (SSSR count). The maximum Gasteiger partial charge on any atom is 0.318 e. The lowest BCUT2D eigenvalue weighted by molar-refractivity contribution is -0.129. The summed E-state index contributed by atoms with van der Waals surface area (Å²) in [7, 11) is 3.21. The zero-order valence-electron chi connectivity index (χ0n) is 34.2. The van der Waals surface area contributed by atoms with Crippen LogP contribution in [0.15, 0.2) is 109 Å². The average Bonchev–Trinajstić information content (AvgIpc) is 3.21. The van der Waals surface area contributed by atoms with Crippen molar-refractivity contribution in [1.29, 1.82) is 0 Å². The van der Waals surface area contributed by atoms with Crippen molar-refractivity contribution in [2.24, 2.45) is 11.8 Å². The van der Waals surface area contributed by atoms with Gasteiger partial charge in [0.25, 0.3) is 0 Å². The second-order valence-corrected chi connectivity index (χ2v) is 15.3. The third-order valence-electron chi connectivity index (χ3n) is 9.83. The summed E-state index contributed by atoms with van der Waals surface area (Å²) >= 11 is 0. The highest BCUT2D eigenvalue weighted by atomic mass is 16.3. The third kappa shape index (κ3) is 13.7. The Balaban J connectivity index is 1.56. The number of aliphatic hydroxyl groups excluding tert-OH is 2. The molecule has 0 aliphatic heterocycles. The number of aliphatic hydroxyl groups is 2. The van der Waals surface area contributed by atoms with Crippen molar-refractivity contribution in [3.63, 3.8) is 0 Å². The van der Waals surface area contributed by atoms with Gasteiger partial charge in [0.15, 0.2) is 0 Å². The molecule has 4 aromatic rings. The lowest BCUT2D eigenvalue weighted by Crippen LogP contribution is -2.62. The van der Waals surface area contributed by atoms with Gasteiger partial charge in [-0.25, -0.2) is 9.59 Å². The summed E-state index contributed by atoms with van der Waals surface area (Å²) in [5.74, 6) is -1.79. The molecule has 14 nitrogen and oxygen atoms in total. The molecule has 6 atom stereocenters. The second-order valence-electron chi connectivity index (χ2n) is 15.3. The molecule has 14 heteroatoms. The molecule has 0 bridgehead atoms. The predicted molar refractivity (Wildman–Crippen MR) is 222 cm³/mol. The van der Waals surface area contributed by atoms with Gasteiger partial charge in [-0.3, -0.25) is 19.6 Å². The summed E-state index contributed by atoms with van der Waals surface area (Å²) in [6, 6.07) is 24.2. The number of hydrogen-bond donors (Lipinski definition) is 6. The van der Waals surface area contributed by atoms with E-state index in [0.29, 0.717) is 11.4 Å². The van der Waals surface area contributed by atoms with Crippen molar-refractivity contribution in [3.05, 3.63) is 132 Å². The van der Waals surface area contributed by atoms with E-state index in [0.717, 1.165) is 11.1 Å². The first-order valence-corrected chi connectivity index (χ1v) is 19.6. The van der Waals surface area contributed by atoms with E-state index in [1.807, 2.05) is 72.8 Å². The Morgan fingerprint density at radius 3 is 1.19 bits per heavy atom. The molecule has 6 amide bonds. The standard InChI is InChI=1S/C44H58N8O6/c1-29(2)37(49-43(57)51(5)27-33-21-13-15-23-45-33)41(55)47-35(25-31-17-9-7-10-18-31)39(53)40(54)36(26-32-19-11-8-12-20-32)48-42(56)38(30(3)4)50-44(58)52(6)28-34-22-14-16-24-46-34/h7-24,29-30,35-40,53-54H,25-28H2,1-6H3,(H,47,55)(H,48,56)(H,49,57)(H,50,58)/t35-,36-,37-,38+,39-,40+/m0/s1. The fourth-order valence-corrected chi connectivity index (χ4v) is 6.44. The van der Waals surface area contributed by atoms with Gasteiger partial charge in [0.05, 0.1) is 36.6 Å². The quantitative estimate of drug-likeness (QED) is 0.0829. The van der Waals surface area contributed by atoms with E-state index in [1.54, 1.807) is 78.4 Å². The minimum Gasteiger partial charge on any atom is -0.388 e. The van der Waals surface area contributed by atoms with E-state index in [2.05, 4.69) is 31.2 Å². The van der Waals surface area contributed by atoms with Crippen molar-refractivity contribution < 1.29 is 29.4 Å². The van der Waals surface area contributed by atoms with Gasteiger partial charge in [0, 0.05) is 26.5 Å². The number of nitrogens with one attached hydrogen (secondary N) is 4. The van der Waals surface area contributed by atoms with E-state index >= 15 is 0 Å². The van der Waals surface area contributed by atoms with Crippen LogP contribution >= 0.6 is 0 Å². The molecule has 0 saturated heterocycles. The number of hydrogen-bond acceptors (Lipinski definition) is 8. The molecule has 0 fully saturated rings. The molecule has 2 aromatic carbocycles. The summed E-state index contributed by atoms with van der Waals surface area (Å²) < 4.78 is 0. The number of aromatic nitrogens is 2. The van der Waals surface area contributed by atoms with Crippen molar-refractivity contribution >= 4 is 23.9 Å². The largest absolute Gasteiger partial charge is 0.388 e. The average molecular weight is 795 g/mol. The van der Waals surface area contributed by atoms with E-state index in [1.165, 1.54) is 9.80 Å². The first kappa shape index (κ1) is 44.8. The Morgan fingerprint density at radius 1 is 0.534 bits per heavy atom. The van der Waals surface area contributed by atoms with Gasteiger partial charge < -0.3 is 41.3 Å². The highest BCUT2D eigenvalue weighted by molar-refractivity contribution is 5.88. The van der Waals surface area contributed by atoms with Crippen LogP contribution in [0.1, 0.15) is 50.2 Å². The molecule has 2 heterocycles. The topological polar surface area (TPSA) is 189 Å². The maximum atomic E-state index is 14.0. The smallest absolute Gasteiger partial charge is 0.318 e. The molecule has 2 aromatic heterocycles. The van der Waals surface area contributed by atoms with E-state index < -0.39 is 60.3 Å². The van der Waals surface area contributed by atoms with Crippen LogP contribution < -0.4 is 21.3 Å². The zero-order chi connectivity index (χ0) is 42.2. The molecule has 6 N–H and O–H groups in total. The van der Waals surface area contributed by atoms with Gasteiger partial charge in [0.2, 0.25) is 11.8 Å². The SMILES string of the molecule is CC(C)[C@H](NC(=O)N(C)Cc1ccccn1)C(=O)N[C@@H](Cc1ccccc1)[C@H](O)[C@H](O)[C@H](Cc1ccccc1)NC(=O)[C@H](NC(=O)N(C)Cc1ccccn1)C(C)C. The van der Waals surface area contributed by atoms with E-state index in [4.69, 9.17) is 0 Å². The van der Waals surface area contributed by atoms with Crippen molar-refractivity contribution in [3.8, 4) is 0 Å². The Kier molecular flexibility index (Phi) is 17.1. The fraction of sp³-hybridized carbons (Fsp3) is 0.409. The molecular formula is C44H58N8O6. The fourth-order valence-electron chi connectivity index (χ4n) is 6.44. The van der Waals surface area contributed by atoms with Crippen molar-refractivity contribution in [2.75, 3.05) is 14.1 Å². The summed E-state index contributed by atoms with van der Waals surface area (Å²) in [6.07, 6.45) is 0.347. The summed E-state index contributed by atoms with van der Waals surface area (Å²) in [5, 5.41) is 35.5. The number of nitrogens with zero attached hydrogens (tertiary/aromatic N) is 4. The molecule has 0 saturated carbocycles. The van der Waals surface area contributed by atoms with Crippen LogP contribution in [0.25, 0.3) is 0 Å². The molecular weight excluding hydrogens is 737 g/mol. The number of urea groups is 2.